The van der Waals surface area contributed by atoms with E-state index in [4.69, 9.17) is 11.6 Å². The smallest absolute Gasteiger partial charge is 0.0834 e. The quantitative estimate of drug-likeness (QED) is 0.907. The van der Waals surface area contributed by atoms with Crippen LogP contribution in [-0.4, -0.2) is 39.9 Å². The summed E-state index contributed by atoms with van der Waals surface area (Å²) in [5.74, 6) is 0. The van der Waals surface area contributed by atoms with Gasteiger partial charge >= 0.3 is 0 Å². The maximum absolute atomic E-state index is 6.38. The highest BCUT2D eigenvalue weighted by molar-refractivity contribution is 6.31. The summed E-state index contributed by atoms with van der Waals surface area (Å²) in [6.07, 6.45) is 5.68. The Hall–Kier alpha value is -0.580. The minimum absolute atomic E-state index is 0.0217. The second kappa shape index (κ2) is 6.46. The van der Waals surface area contributed by atoms with E-state index in [1.54, 1.807) is 6.20 Å². The SMILES string of the molecule is CCNC(c1c(Cl)cnn1C)C(C)(C)N1CCCCC1. The van der Waals surface area contributed by atoms with E-state index in [9.17, 15) is 0 Å². The molecule has 2 rings (SSSR count). The summed E-state index contributed by atoms with van der Waals surface area (Å²) < 4.78 is 1.90. The monoisotopic (exact) mass is 298 g/mol. The number of piperidine rings is 1. The third-order valence-corrected chi connectivity index (χ3v) is 4.79. The van der Waals surface area contributed by atoms with Gasteiger partial charge in [-0.3, -0.25) is 9.58 Å². The Morgan fingerprint density at radius 2 is 2.00 bits per heavy atom. The number of aryl methyl sites for hydroxylation is 1. The highest BCUT2D eigenvalue weighted by Gasteiger charge is 2.38. The standard InChI is InChI=1S/C15H27ClN4/c1-5-17-14(13-12(16)11-18-19(13)4)15(2,3)20-9-7-6-8-10-20/h11,14,17H,5-10H2,1-4H3. The Morgan fingerprint density at radius 3 is 2.50 bits per heavy atom. The van der Waals surface area contributed by atoms with Crippen LogP contribution in [0.2, 0.25) is 5.02 Å². The fraction of sp³-hybridized carbons (Fsp3) is 0.800. The normalized spacial score (nSPS) is 19.2. The molecule has 1 atom stereocenters. The van der Waals surface area contributed by atoms with E-state index in [0.717, 1.165) is 17.3 Å². The van der Waals surface area contributed by atoms with Crippen LogP contribution in [0.3, 0.4) is 0 Å². The number of rotatable bonds is 5. The van der Waals surface area contributed by atoms with Crippen molar-refractivity contribution in [3.8, 4) is 0 Å². The first-order valence-electron chi connectivity index (χ1n) is 7.64. The molecule has 1 aromatic heterocycles. The van der Waals surface area contributed by atoms with E-state index < -0.39 is 0 Å². The molecule has 0 aliphatic carbocycles. The number of nitrogens with zero attached hydrogens (tertiary/aromatic N) is 3. The summed E-state index contributed by atoms with van der Waals surface area (Å²) in [5, 5.41) is 8.67. The number of hydrogen-bond acceptors (Lipinski definition) is 3. The maximum Gasteiger partial charge on any atom is 0.0834 e. The van der Waals surface area contributed by atoms with Crippen LogP contribution in [0.25, 0.3) is 0 Å². The largest absolute Gasteiger partial charge is 0.307 e. The molecule has 1 N–H and O–H groups in total. The second-order valence-electron chi connectivity index (χ2n) is 6.19. The van der Waals surface area contributed by atoms with E-state index in [1.165, 1.54) is 32.4 Å². The van der Waals surface area contributed by atoms with Crippen LogP contribution in [0.5, 0.6) is 0 Å². The molecule has 1 saturated heterocycles. The lowest BCUT2D eigenvalue weighted by atomic mass is 9.87. The van der Waals surface area contributed by atoms with Gasteiger partial charge in [0.05, 0.1) is 23.0 Å². The lowest BCUT2D eigenvalue weighted by molar-refractivity contribution is 0.0587. The maximum atomic E-state index is 6.38. The number of nitrogens with one attached hydrogen (secondary N) is 1. The topological polar surface area (TPSA) is 33.1 Å². The van der Waals surface area contributed by atoms with Crippen molar-refractivity contribution >= 4 is 11.6 Å². The van der Waals surface area contributed by atoms with Crippen molar-refractivity contribution in [1.29, 1.82) is 0 Å². The highest BCUT2D eigenvalue weighted by Crippen LogP contribution is 2.35. The lowest BCUT2D eigenvalue weighted by Gasteiger charge is -2.46. The number of hydrogen-bond donors (Lipinski definition) is 1. The van der Waals surface area contributed by atoms with Gasteiger partial charge in [0, 0.05) is 12.6 Å². The third kappa shape index (κ3) is 3.02. The third-order valence-electron chi connectivity index (χ3n) is 4.50. The van der Waals surface area contributed by atoms with Gasteiger partial charge in [-0.2, -0.15) is 5.10 Å². The minimum atomic E-state index is 0.0217. The van der Waals surface area contributed by atoms with Gasteiger partial charge in [0.15, 0.2) is 0 Å². The zero-order valence-electron chi connectivity index (χ0n) is 13.1. The molecule has 1 aliphatic rings. The molecule has 1 fully saturated rings. The molecular weight excluding hydrogens is 272 g/mol. The Kier molecular flexibility index (Phi) is 5.10. The number of likely N-dealkylation sites (tertiary alicyclic amines) is 1. The van der Waals surface area contributed by atoms with E-state index in [1.807, 2.05) is 11.7 Å². The molecule has 0 aromatic carbocycles. The van der Waals surface area contributed by atoms with Crippen LogP contribution in [0, 0.1) is 0 Å². The molecule has 20 heavy (non-hydrogen) atoms. The number of aromatic nitrogens is 2. The Bertz CT molecular complexity index is 416. The van der Waals surface area contributed by atoms with Gasteiger partial charge in [-0.05, 0) is 46.3 Å². The van der Waals surface area contributed by atoms with Gasteiger partial charge in [0.25, 0.3) is 0 Å². The molecular formula is C15H27ClN4. The first kappa shape index (κ1) is 15.8. The zero-order valence-corrected chi connectivity index (χ0v) is 13.9. The predicted octanol–water partition coefficient (Wildman–Crippen LogP) is 2.99. The van der Waals surface area contributed by atoms with Crippen LogP contribution in [0.15, 0.2) is 6.20 Å². The summed E-state index contributed by atoms with van der Waals surface area (Å²) in [6.45, 7) is 10.0. The van der Waals surface area contributed by atoms with Gasteiger partial charge in [0.2, 0.25) is 0 Å². The van der Waals surface area contributed by atoms with Gasteiger partial charge in [-0.1, -0.05) is 24.9 Å². The first-order chi connectivity index (χ1) is 9.48. The molecule has 2 heterocycles. The van der Waals surface area contributed by atoms with E-state index >= 15 is 0 Å². The van der Waals surface area contributed by atoms with Gasteiger partial charge in [0.1, 0.15) is 0 Å². The van der Waals surface area contributed by atoms with Crippen molar-refractivity contribution in [3.63, 3.8) is 0 Å². The predicted molar refractivity (Wildman–Crippen MR) is 84.1 cm³/mol. The number of likely N-dealkylation sites (N-methyl/N-ethyl adjacent to an activating group) is 1. The summed E-state index contributed by atoms with van der Waals surface area (Å²) in [7, 11) is 1.97. The minimum Gasteiger partial charge on any atom is -0.307 e. The fourth-order valence-corrected chi connectivity index (χ4v) is 3.56. The Balaban J connectivity index is 2.31. The van der Waals surface area contributed by atoms with E-state index in [0.29, 0.717) is 0 Å². The van der Waals surface area contributed by atoms with Crippen LogP contribution < -0.4 is 5.32 Å². The molecule has 0 radical (unpaired) electrons. The Morgan fingerprint density at radius 1 is 1.35 bits per heavy atom. The van der Waals surface area contributed by atoms with Crippen molar-refractivity contribution < 1.29 is 0 Å². The summed E-state index contributed by atoms with van der Waals surface area (Å²) in [6, 6.07) is 0.186. The molecule has 1 aromatic rings. The second-order valence-corrected chi connectivity index (χ2v) is 6.60. The fourth-order valence-electron chi connectivity index (χ4n) is 3.28. The molecule has 114 valence electrons. The van der Waals surface area contributed by atoms with Crippen LogP contribution in [-0.2, 0) is 7.05 Å². The summed E-state index contributed by atoms with van der Waals surface area (Å²) in [5.41, 5.74) is 1.11. The zero-order chi connectivity index (χ0) is 14.8. The first-order valence-corrected chi connectivity index (χ1v) is 8.02. The van der Waals surface area contributed by atoms with Crippen molar-refractivity contribution in [2.75, 3.05) is 19.6 Å². The van der Waals surface area contributed by atoms with Crippen molar-refractivity contribution in [3.05, 3.63) is 16.9 Å². The van der Waals surface area contributed by atoms with Gasteiger partial charge in [-0.25, -0.2) is 0 Å². The molecule has 4 nitrogen and oxygen atoms in total. The summed E-state index contributed by atoms with van der Waals surface area (Å²) in [4.78, 5) is 2.59. The average Bonchev–Trinajstić information content (AvgIpc) is 2.76. The molecule has 5 heteroatoms. The molecule has 1 unspecified atom stereocenters. The summed E-state index contributed by atoms with van der Waals surface area (Å²) >= 11 is 6.38. The van der Waals surface area contributed by atoms with Crippen LogP contribution in [0.1, 0.15) is 51.8 Å². The molecule has 0 bridgehead atoms. The van der Waals surface area contributed by atoms with Crippen molar-refractivity contribution in [2.45, 2.75) is 51.6 Å². The Labute approximate surface area is 127 Å². The van der Waals surface area contributed by atoms with Crippen LogP contribution in [0.4, 0.5) is 0 Å². The molecule has 0 spiro atoms. The van der Waals surface area contributed by atoms with E-state index in [-0.39, 0.29) is 11.6 Å². The van der Waals surface area contributed by atoms with Gasteiger partial charge < -0.3 is 5.32 Å². The molecule has 0 saturated carbocycles. The van der Waals surface area contributed by atoms with Crippen LogP contribution >= 0.6 is 11.6 Å². The van der Waals surface area contributed by atoms with Crippen molar-refractivity contribution in [1.82, 2.24) is 20.0 Å². The van der Waals surface area contributed by atoms with Gasteiger partial charge in [-0.15, -0.1) is 0 Å². The highest BCUT2D eigenvalue weighted by atomic mass is 35.5. The molecule has 1 aliphatic heterocycles. The van der Waals surface area contributed by atoms with E-state index in [2.05, 4.69) is 36.1 Å². The lowest BCUT2D eigenvalue weighted by Crippen LogP contribution is -2.54. The van der Waals surface area contributed by atoms with Crippen molar-refractivity contribution in [2.24, 2.45) is 7.05 Å². The molecule has 0 amide bonds. The average molecular weight is 299 g/mol. The number of halogens is 1.